The van der Waals surface area contributed by atoms with E-state index in [1.807, 2.05) is 0 Å². The Kier molecular flexibility index (Phi) is 4.81. The number of hydrogen-bond acceptors (Lipinski definition) is 3. The van der Waals surface area contributed by atoms with Crippen molar-refractivity contribution in [2.45, 2.75) is 25.3 Å². The van der Waals surface area contributed by atoms with Crippen molar-refractivity contribution in [2.24, 2.45) is 5.92 Å². The Balaban J connectivity index is 1.38. The molecule has 2 aromatic carbocycles. The van der Waals surface area contributed by atoms with Crippen molar-refractivity contribution in [1.82, 2.24) is 5.32 Å². The topological polar surface area (TPSA) is 78.5 Å². The van der Waals surface area contributed by atoms with Gasteiger partial charge in [-0.3, -0.25) is 14.4 Å². The molecular formula is C21H20FN3O3. The summed E-state index contributed by atoms with van der Waals surface area (Å²) in [6.45, 7) is 0.132. The Morgan fingerprint density at radius 1 is 1.04 bits per heavy atom. The highest BCUT2D eigenvalue weighted by Crippen LogP contribution is 2.28. The largest absolute Gasteiger partial charge is 0.349 e. The van der Waals surface area contributed by atoms with Gasteiger partial charge in [0.1, 0.15) is 5.82 Å². The van der Waals surface area contributed by atoms with Crippen LogP contribution in [0.4, 0.5) is 15.8 Å². The molecule has 0 spiro atoms. The van der Waals surface area contributed by atoms with Crippen molar-refractivity contribution in [3.8, 4) is 0 Å². The summed E-state index contributed by atoms with van der Waals surface area (Å²) >= 11 is 0. The third-order valence-electron chi connectivity index (χ3n) is 4.97. The first-order chi connectivity index (χ1) is 13.5. The van der Waals surface area contributed by atoms with Gasteiger partial charge in [0.2, 0.25) is 11.8 Å². The van der Waals surface area contributed by atoms with Gasteiger partial charge in [-0.05, 0) is 49.2 Å². The van der Waals surface area contributed by atoms with Crippen molar-refractivity contribution >= 4 is 29.1 Å². The third kappa shape index (κ3) is 3.88. The Labute approximate surface area is 161 Å². The summed E-state index contributed by atoms with van der Waals surface area (Å²) in [7, 11) is 0. The van der Waals surface area contributed by atoms with Gasteiger partial charge in [0, 0.05) is 30.3 Å². The molecule has 1 aliphatic carbocycles. The number of benzene rings is 2. The Hall–Kier alpha value is -3.22. The zero-order valence-corrected chi connectivity index (χ0v) is 15.2. The SMILES string of the molecule is O=C(NC1CC1)c1ccc(NC(=O)[C@@H]2CC(=O)N(c3ccccc3F)C2)cc1. The van der Waals surface area contributed by atoms with E-state index >= 15 is 0 Å². The molecule has 2 N–H and O–H groups in total. The molecule has 1 heterocycles. The van der Waals surface area contributed by atoms with E-state index in [1.165, 1.54) is 17.0 Å². The zero-order valence-electron chi connectivity index (χ0n) is 15.2. The van der Waals surface area contributed by atoms with Crippen molar-refractivity contribution in [2.75, 3.05) is 16.8 Å². The van der Waals surface area contributed by atoms with Crippen molar-refractivity contribution in [1.29, 1.82) is 0 Å². The highest BCUT2D eigenvalue weighted by Gasteiger charge is 2.36. The maximum Gasteiger partial charge on any atom is 0.251 e. The van der Waals surface area contributed by atoms with Gasteiger partial charge in [0.05, 0.1) is 11.6 Å². The third-order valence-corrected chi connectivity index (χ3v) is 4.97. The second kappa shape index (κ2) is 7.42. The van der Waals surface area contributed by atoms with Gasteiger partial charge in [0.25, 0.3) is 5.91 Å². The van der Waals surface area contributed by atoms with E-state index in [1.54, 1.807) is 36.4 Å². The fourth-order valence-electron chi connectivity index (χ4n) is 3.23. The van der Waals surface area contributed by atoms with Crippen LogP contribution < -0.4 is 15.5 Å². The standard InChI is InChI=1S/C21H20FN3O3/c22-17-3-1-2-4-18(17)25-12-14(11-19(25)26)21(28)24-15-7-5-13(6-8-15)20(27)23-16-9-10-16/h1-8,14,16H,9-12H2,(H,23,27)(H,24,28)/t14-/m1/s1. The summed E-state index contributed by atoms with van der Waals surface area (Å²) in [6.07, 6.45) is 2.07. The summed E-state index contributed by atoms with van der Waals surface area (Å²) < 4.78 is 13.9. The van der Waals surface area contributed by atoms with E-state index in [4.69, 9.17) is 0 Å². The quantitative estimate of drug-likeness (QED) is 0.836. The van der Waals surface area contributed by atoms with Crippen LogP contribution in [0.5, 0.6) is 0 Å². The van der Waals surface area contributed by atoms with Crippen LogP contribution in [0.3, 0.4) is 0 Å². The number of halogens is 1. The van der Waals surface area contributed by atoms with E-state index in [-0.39, 0.29) is 42.4 Å². The zero-order chi connectivity index (χ0) is 19.7. The Morgan fingerprint density at radius 2 is 1.75 bits per heavy atom. The number of amides is 3. The normalized spacial score (nSPS) is 18.8. The lowest BCUT2D eigenvalue weighted by Gasteiger charge is -2.17. The number of nitrogens with one attached hydrogen (secondary N) is 2. The maximum atomic E-state index is 13.9. The monoisotopic (exact) mass is 381 g/mol. The molecule has 0 unspecified atom stereocenters. The Morgan fingerprint density at radius 3 is 2.43 bits per heavy atom. The van der Waals surface area contributed by atoms with Crippen LogP contribution in [0.25, 0.3) is 0 Å². The van der Waals surface area contributed by atoms with Crippen LogP contribution >= 0.6 is 0 Å². The van der Waals surface area contributed by atoms with Gasteiger partial charge < -0.3 is 15.5 Å². The molecule has 1 saturated carbocycles. The lowest BCUT2D eigenvalue weighted by molar-refractivity contribution is -0.122. The van der Waals surface area contributed by atoms with Gasteiger partial charge in [0.15, 0.2) is 0 Å². The molecule has 1 saturated heterocycles. The molecule has 144 valence electrons. The highest BCUT2D eigenvalue weighted by molar-refractivity contribution is 6.03. The first kappa shape index (κ1) is 18.2. The average molecular weight is 381 g/mol. The molecule has 2 aromatic rings. The first-order valence-corrected chi connectivity index (χ1v) is 9.28. The predicted molar refractivity (Wildman–Crippen MR) is 102 cm³/mol. The molecule has 2 aliphatic rings. The van der Waals surface area contributed by atoms with Crippen LogP contribution in [0.15, 0.2) is 48.5 Å². The second-order valence-electron chi connectivity index (χ2n) is 7.17. The average Bonchev–Trinajstić information content (AvgIpc) is 3.42. The van der Waals surface area contributed by atoms with E-state index in [2.05, 4.69) is 10.6 Å². The number of hydrogen-bond donors (Lipinski definition) is 2. The molecule has 0 bridgehead atoms. The van der Waals surface area contributed by atoms with Crippen LogP contribution in [-0.2, 0) is 9.59 Å². The van der Waals surface area contributed by atoms with Crippen molar-refractivity contribution in [3.05, 3.63) is 59.9 Å². The Bertz CT molecular complexity index is 925. The number of carbonyl (C=O) groups is 3. The minimum atomic E-state index is -0.565. The summed E-state index contributed by atoms with van der Waals surface area (Å²) in [5, 5.41) is 5.67. The van der Waals surface area contributed by atoms with Gasteiger partial charge in [-0.25, -0.2) is 4.39 Å². The second-order valence-corrected chi connectivity index (χ2v) is 7.17. The van der Waals surface area contributed by atoms with Crippen LogP contribution in [0.2, 0.25) is 0 Å². The molecule has 1 atom stereocenters. The van der Waals surface area contributed by atoms with Crippen molar-refractivity contribution < 1.29 is 18.8 Å². The molecule has 2 fully saturated rings. The lowest BCUT2D eigenvalue weighted by atomic mass is 10.1. The fourth-order valence-corrected chi connectivity index (χ4v) is 3.23. The molecule has 7 heteroatoms. The van der Waals surface area contributed by atoms with Gasteiger partial charge in [-0.1, -0.05) is 12.1 Å². The fraction of sp³-hybridized carbons (Fsp3) is 0.286. The summed E-state index contributed by atoms with van der Waals surface area (Å²) in [4.78, 5) is 38.1. The van der Waals surface area contributed by atoms with Crippen LogP contribution in [0.1, 0.15) is 29.6 Å². The number of nitrogens with zero attached hydrogens (tertiary/aromatic N) is 1. The van der Waals surface area contributed by atoms with E-state index < -0.39 is 11.7 Å². The summed E-state index contributed by atoms with van der Waals surface area (Å²) in [6, 6.07) is 12.9. The molecular weight excluding hydrogens is 361 g/mol. The number of rotatable bonds is 5. The maximum absolute atomic E-state index is 13.9. The number of carbonyl (C=O) groups excluding carboxylic acids is 3. The molecule has 1 aliphatic heterocycles. The number of anilines is 2. The van der Waals surface area contributed by atoms with Gasteiger partial charge in [-0.15, -0.1) is 0 Å². The van der Waals surface area contributed by atoms with E-state index in [9.17, 15) is 18.8 Å². The molecule has 0 aromatic heterocycles. The van der Waals surface area contributed by atoms with Crippen LogP contribution in [-0.4, -0.2) is 30.3 Å². The molecule has 28 heavy (non-hydrogen) atoms. The van der Waals surface area contributed by atoms with Gasteiger partial charge >= 0.3 is 0 Å². The van der Waals surface area contributed by atoms with E-state index in [0.29, 0.717) is 11.3 Å². The van der Waals surface area contributed by atoms with Crippen molar-refractivity contribution in [3.63, 3.8) is 0 Å². The van der Waals surface area contributed by atoms with Gasteiger partial charge in [-0.2, -0.15) is 0 Å². The minimum Gasteiger partial charge on any atom is -0.349 e. The molecule has 3 amide bonds. The highest BCUT2D eigenvalue weighted by atomic mass is 19.1. The smallest absolute Gasteiger partial charge is 0.251 e. The summed E-state index contributed by atoms with van der Waals surface area (Å²) in [5.41, 5.74) is 1.27. The molecule has 0 radical (unpaired) electrons. The molecule has 6 nitrogen and oxygen atoms in total. The minimum absolute atomic E-state index is 0.0298. The van der Waals surface area contributed by atoms with Crippen LogP contribution in [0, 0.1) is 11.7 Å². The predicted octanol–water partition coefficient (Wildman–Crippen LogP) is 2.71. The van der Waals surface area contributed by atoms with E-state index in [0.717, 1.165) is 12.8 Å². The molecule has 4 rings (SSSR count). The lowest BCUT2D eigenvalue weighted by Crippen LogP contribution is -2.28. The number of para-hydroxylation sites is 1. The summed E-state index contributed by atoms with van der Waals surface area (Å²) in [5.74, 6) is -1.76. The first-order valence-electron chi connectivity index (χ1n) is 9.28.